The first-order valence-electron chi connectivity index (χ1n) is 9.04. The molecule has 2 aromatic rings. The van der Waals surface area contributed by atoms with Crippen molar-refractivity contribution in [2.75, 3.05) is 18.5 Å². The standard InChI is InChI=1S/C19H18N4O5/c20-10-13-14-3-1-6-22(14)19(26)23(18(13)25)11-17(24)21-12-4-5-15-16(9-12)28-8-2-7-27-15/h4-5,9H,1-3,6-8,11H2,(H,21,24). The highest BCUT2D eigenvalue weighted by molar-refractivity contribution is 5.91. The van der Waals surface area contributed by atoms with Crippen LogP contribution in [0.25, 0.3) is 0 Å². The smallest absolute Gasteiger partial charge is 0.331 e. The third-order valence-corrected chi connectivity index (χ3v) is 4.78. The topological polar surface area (TPSA) is 115 Å². The van der Waals surface area contributed by atoms with Gasteiger partial charge in [-0.05, 0) is 25.0 Å². The van der Waals surface area contributed by atoms with Gasteiger partial charge in [-0.3, -0.25) is 14.2 Å². The van der Waals surface area contributed by atoms with Crippen LogP contribution in [0.4, 0.5) is 5.69 Å². The highest BCUT2D eigenvalue weighted by Gasteiger charge is 2.23. The predicted molar refractivity (Wildman–Crippen MR) is 98.7 cm³/mol. The first-order chi connectivity index (χ1) is 13.6. The lowest BCUT2D eigenvalue weighted by atomic mass is 10.2. The molecule has 4 rings (SSSR count). The Kier molecular flexibility index (Phi) is 4.61. The average molecular weight is 382 g/mol. The van der Waals surface area contributed by atoms with Crippen molar-refractivity contribution in [3.63, 3.8) is 0 Å². The Morgan fingerprint density at radius 2 is 1.96 bits per heavy atom. The number of amides is 1. The molecule has 2 aliphatic rings. The first kappa shape index (κ1) is 17.9. The van der Waals surface area contributed by atoms with Crippen molar-refractivity contribution < 1.29 is 14.3 Å². The number of nitrogens with zero attached hydrogens (tertiary/aromatic N) is 3. The summed E-state index contributed by atoms with van der Waals surface area (Å²) < 4.78 is 13.3. The number of nitriles is 1. The van der Waals surface area contributed by atoms with E-state index in [1.807, 2.05) is 6.07 Å². The number of carbonyl (C=O) groups is 1. The van der Waals surface area contributed by atoms with Gasteiger partial charge in [-0.2, -0.15) is 5.26 Å². The van der Waals surface area contributed by atoms with Crippen LogP contribution in [0.3, 0.4) is 0 Å². The van der Waals surface area contributed by atoms with E-state index in [0.29, 0.717) is 55.5 Å². The van der Waals surface area contributed by atoms with Crippen molar-refractivity contribution in [3.8, 4) is 17.6 Å². The summed E-state index contributed by atoms with van der Waals surface area (Å²) in [7, 11) is 0. The highest BCUT2D eigenvalue weighted by atomic mass is 16.5. The fourth-order valence-corrected chi connectivity index (χ4v) is 3.47. The maximum atomic E-state index is 12.6. The normalized spacial score (nSPS) is 14.7. The first-order valence-corrected chi connectivity index (χ1v) is 9.04. The molecule has 1 amide bonds. The van der Waals surface area contributed by atoms with Gasteiger partial charge in [0.1, 0.15) is 18.2 Å². The zero-order valence-electron chi connectivity index (χ0n) is 15.1. The van der Waals surface area contributed by atoms with Crippen LogP contribution in [0, 0.1) is 11.3 Å². The average Bonchev–Trinajstić information content (AvgIpc) is 3.04. The molecular weight excluding hydrogens is 364 g/mol. The summed E-state index contributed by atoms with van der Waals surface area (Å²) in [5.41, 5.74) is -0.443. The lowest BCUT2D eigenvalue weighted by molar-refractivity contribution is -0.116. The molecule has 0 atom stereocenters. The summed E-state index contributed by atoms with van der Waals surface area (Å²) in [5.74, 6) is 0.579. The largest absolute Gasteiger partial charge is 0.490 e. The molecule has 28 heavy (non-hydrogen) atoms. The number of hydrogen-bond acceptors (Lipinski definition) is 6. The van der Waals surface area contributed by atoms with Gasteiger partial charge in [0.05, 0.1) is 13.2 Å². The number of ether oxygens (including phenoxy) is 2. The van der Waals surface area contributed by atoms with Crippen molar-refractivity contribution in [2.24, 2.45) is 0 Å². The quantitative estimate of drug-likeness (QED) is 0.832. The minimum Gasteiger partial charge on any atom is -0.490 e. The predicted octanol–water partition coefficient (Wildman–Crippen LogP) is 0.628. The van der Waals surface area contributed by atoms with E-state index in [-0.39, 0.29) is 5.56 Å². The molecule has 0 aliphatic carbocycles. The zero-order valence-corrected chi connectivity index (χ0v) is 15.1. The minimum absolute atomic E-state index is 0.0690. The lowest BCUT2D eigenvalue weighted by Gasteiger charge is -2.12. The molecular formula is C19H18N4O5. The number of benzene rings is 1. The van der Waals surface area contributed by atoms with Gasteiger partial charge in [-0.1, -0.05) is 0 Å². The second-order valence-electron chi connectivity index (χ2n) is 6.62. The fraction of sp³-hybridized carbons (Fsp3) is 0.368. The number of anilines is 1. The van der Waals surface area contributed by atoms with E-state index < -0.39 is 23.7 Å². The van der Waals surface area contributed by atoms with Crippen LogP contribution in [-0.4, -0.2) is 28.3 Å². The Morgan fingerprint density at radius 1 is 1.18 bits per heavy atom. The van der Waals surface area contributed by atoms with Gasteiger partial charge in [-0.15, -0.1) is 0 Å². The van der Waals surface area contributed by atoms with Crippen LogP contribution in [0.5, 0.6) is 11.5 Å². The zero-order chi connectivity index (χ0) is 19.7. The van der Waals surface area contributed by atoms with Crippen LogP contribution in [0.1, 0.15) is 24.1 Å². The van der Waals surface area contributed by atoms with E-state index in [1.165, 1.54) is 4.57 Å². The number of fused-ring (bicyclic) bond motifs is 2. The van der Waals surface area contributed by atoms with Crippen molar-refractivity contribution in [2.45, 2.75) is 32.4 Å². The van der Waals surface area contributed by atoms with E-state index in [1.54, 1.807) is 18.2 Å². The summed E-state index contributed by atoms with van der Waals surface area (Å²) >= 11 is 0. The van der Waals surface area contributed by atoms with Gasteiger partial charge in [0, 0.05) is 30.4 Å². The fourth-order valence-electron chi connectivity index (χ4n) is 3.47. The van der Waals surface area contributed by atoms with Crippen LogP contribution in [-0.2, 0) is 24.3 Å². The maximum Gasteiger partial charge on any atom is 0.331 e. The van der Waals surface area contributed by atoms with Crippen molar-refractivity contribution in [3.05, 3.63) is 50.3 Å². The molecule has 9 nitrogen and oxygen atoms in total. The Morgan fingerprint density at radius 3 is 2.75 bits per heavy atom. The van der Waals surface area contributed by atoms with Crippen LogP contribution in [0.2, 0.25) is 0 Å². The van der Waals surface area contributed by atoms with E-state index in [4.69, 9.17) is 9.47 Å². The third-order valence-electron chi connectivity index (χ3n) is 4.78. The van der Waals surface area contributed by atoms with Crippen molar-refractivity contribution >= 4 is 11.6 Å². The number of hydrogen-bond donors (Lipinski definition) is 1. The molecule has 1 N–H and O–H groups in total. The Hall–Kier alpha value is -3.54. The van der Waals surface area contributed by atoms with Crippen molar-refractivity contribution in [1.29, 1.82) is 5.26 Å². The number of nitrogens with one attached hydrogen (secondary N) is 1. The summed E-state index contributed by atoms with van der Waals surface area (Å²) in [6, 6.07) is 6.86. The van der Waals surface area contributed by atoms with E-state index >= 15 is 0 Å². The van der Waals surface area contributed by atoms with Crippen LogP contribution >= 0.6 is 0 Å². The summed E-state index contributed by atoms with van der Waals surface area (Å²) in [5, 5.41) is 12.0. The lowest BCUT2D eigenvalue weighted by Crippen LogP contribution is -2.44. The van der Waals surface area contributed by atoms with Crippen LogP contribution < -0.4 is 26.0 Å². The summed E-state index contributed by atoms with van der Waals surface area (Å²) in [6.07, 6.45) is 1.97. The number of aromatic nitrogens is 2. The molecule has 144 valence electrons. The van der Waals surface area contributed by atoms with Crippen molar-refractivity contribution in [1.82, 2.24) is 9.13 Å². The molecule has 0 saturated carbocycles. The maximum absolute atomic E-state index is 12.6. The molecule has 1 aromatic heterocycles. The number of rotatable bonds is 3. The van der Waals surface area contributed by atoms with E-state index in [9.17, 15) is 19.6 Å². The van der Waals surface area contributed by atoms with E-state index in [0.717, 1.165) is 11.0 Å². The van der Waals surface area contributed by atoms with Gasteiger partial charge in [0.25, 0.3) is 5.56 Å². The second kappa shape index (κ2) is 7.23. The Labute approximate surface area is 159 Å². The van der Waals surface area contributed by atoms with E-state index in [2.05, 4.69) is 5.32 Å². The highest BCUT2D eigenvalue weighted by Crippen LogP contribution is 2.32. The van der Waals surface area contributed by atoms with Gasteiger partial charge in [0.15, 0.2) is 11.5 Å². The molecule has 0 fully saturated rings. The summed E-state index contributed by atoms with van der Waals surface area (Å²) in [4.78, 5) is 37.5. The monoisotopic (exact) mass is 382 g/mol. The molecule has 1 aromatic carbocycles. The summed E-state index contributed by atoms with van der Waals surface area (Å²) in [6.45, 7) is 1.04. The van der Waals surface area contributed by atoms with Gasteiger partial charge >= 0.3 is 5.69 Å². The molecule has 0 radical (unpaired) electrons. The molecule has 0 saturated heterocycles. The molecule has 0 unspecified atom stereocenters. The minimum atomic E-state index is -0.727. The van der Waals surface area contributed by atoms with Gasteiger partial charge < -0.3 is 14.8 Å². The van der Waals surface area contributed by atoms with Gasteiger partial charge in [0.2, 0.25) is 5.91 Å². The van der Waals surface area contributed by atoms with Crippen LogP contribution in [0.15, 0.2) is 27.8 Å². The molecule has 9 heteroatoms. The number of carbonyl (C=O) groups excluding carboxylic acids is 1. The van der Waals surface area contributed by atoms with Gasteiger partial charge in [-0.25, -0.2) is 9.36 Å². The Balaban J connectivity index is 1.59. The third kappa shape index (κ3) is 3.13. The molecule has 0 bridgehead atoms. The Bertz CT molecular complexity index is 1110. The molecule has 3 heterocycles. The molecule has 0 spiro atoms. The SMILES string of the molecule is N#Cc1c2n(c(=O)n(CC(=O)Nc3ccc4c(c3)OCCCO4)c1=O)CCC2. The molecule has 2 aliphatic heterocycles. The second-order valence-corrected chi connectivity index (χ2v) is 6.62.